The van der Waals surface area contributed by atoms with E-state index in [1.807, 2.05) is 60.0 Å². The summed E-state index contributed by atoms with van der Waals surface area (Å²) < 4.78 is 5.92. The van der Waals surface area contributed by atoms with E-state index < -0.39 is 0 Å². The number of hydrogen-bond acceptors (Lipinski definition) is 4. The van der Waals surface area contributed by atoms with Crippen LogP contribution in [-0.2, 0) is 6.42 Å². The number of rotatable bonds is 6. The molecule has 0 aliphatic rings. The van der Waals surface area contributed by atoms with E-state index >= 15 is 0 Å². The number of amides is 1. The number of carbonyl (C=O) groups excluding carboxylic acids is 1. The van der Waals surface area contributed by atoms with Crippen LogP contribution in [0.1, 0.15) is 15.2 Å². The maximum absolute atomic E-state index is 12.7. The van der Waals surface area contributed by atoms with Crippen LogP contribution in [0, 0.1) is 0 Å². The van der Waals surface area contributed by atoms with Crippen LogP contribution in [0.3, 0.4) is 0 Å². The molecule has 2 aromatic heterocycles. The highest BCUT2D eigenvalue weighted by Crippen LogP contribution is 2.28. The number of carbonyl (C=O) groups is 1. The second kappa shape index (κ2) is 8.01. The predicted octanol–water partition coefficient (Wildman–Crippen LogP) is 5.04. The minimum atomic E-state index is -0.124. The van der Waals surface area contributed by atoms with Gasteiger partial charge in [0.25, 0.3) is 5.91 Å². The minimum absolute atomic E-state index is 0.124. The largest absolute Gasteiger partial charge is 0.436 e. The summed E-state index contributed by atoms with van der Waals surface area (Å²) in [6.07, 6.45) is 2.51. The van der Waals surface area contributed by atoms with Gasteiger partial charge >= 0.3 is 0 Å². The Hall–Kier alpha value is -3.18. The molecule has 5 heteroatoms. The van der Waals surface area contributed by atoms with Crippen LogP contribution in [0.15, 0.2) is 82.7 Å². The van der Waals surface area contributed by atoms with Crippen molar-refractivity contribution in [2.45, 2.75) is 6.42 Å². The van der Waals surface area contributed by atoms with E-state index in [0.29, 0.717) is 29.3 Å². The smallest absolute Gasteiger partial charge is 0.252 e. The summed E-state index contributed by atoms with van der Waals surface area (Å²) in [5.74, 6) is 0.998. The molecule has 2 heterocycles. The summed E-state index contributed by atoms with van der Waals surface area (Å²) >= 11 is 1.69. The van der Waals surface area contributed by atoms with Crippen molar-refractivity contribution in [3.63, 3.8) is 0 Å². The molecule has 0 radical (unpaired) electrons. The van der Waals surface area contributed by atoms with Gasteiger partial charge in [-0.3, -0.25) is 4.79 Å². The molecule has 1 amide bonds. The lowest BCUT2D eigenvalue weighted by molar-refractivity contribution is 0.0954. The van der Waals surface area contributed by atoms with Crippen LogP contribution >= 0.6 is 11.3 Å². The number of aromatic nitrogens is 1. The van der Waals surface area contributed by atoms with Crippen LogP contribution in [0.4, 0.5) is 0 Å². The second-order valence-electron chi connectivity index (χ2n) is 6.03. The minimum Gasteiger partial charge on any atom is -0.436 e. The van der Waals surface area contributed by atoms with Crippen LogP contribution < -0.4 is 5.32 Å². The van der Waals surface area contributed by atoms with Gasteiger partial charge in [-0.05, 0) is 30.0 Å². The van der Waals surface area contributed by atoms with Gasteiger partial charge in [0, 0.05) is 22.5 Å². The molecular weight excluding hydrogens is 356 g/mol. The molecule has 4 nitrogen and oxygen atoms in total. The van der Waals surface area contributed by atoms with Gasteiger partial charge in [0.15, 0.2) is 5.76 Å². The highest BCUT2D eigenvalue weighted by molar-refractivity contribution is 7.09. The standard InChI is InChI=1S/C22H18N2O2S/c25-21(23-13-12-17-9-6-14-27-17)18-10-4-5-11-19(18)22-24-15-20(26-22)16-7-2-1-3-8-16/h1-11,14-15H,12-13H2,(H,23,25). The number of oxazole rings is 1. The summed E-state index contributed by atoms with van der Waals surface area (Å²) in [5.41, 5.74) is 2.20. The molecule has 0 aliphatic carbocycles. The van der Waals surface area contributed by atoms with Gasteiger partial charge in [-0.2, -0.15) is 0 Å². The molecule has 0 saturated heterocycles. The maximum atomic E-state index is 12.7. The third-order valence-corrected chi connectivity index (χ3v) is 5.14. The van der Waals surface area contributed by atoms with Gasteiger partial charge in [0.1, 0.15) is 0 Å². The zero-order valence-corrected chi connectivity index (χ0v) is 15.4. The van der Waals surface area contributed by atoms with Gasteiger partial charge in [0.05, 0.1) is 11.8 Å². The van der Waals surface area contributed by atoms with Crippen molar-refractivity contribution in [2.75, 3.05) is 6.54 Å². The van der Waals surface area contributed by atoms with Crippen molar-refractivity contribution in [2.24, 2.45) is 0 Å². The molecule has 27 heavy (non-hydrogen) atoms. The summed E-state index contributed by atoms with van der Waals surface area (Å²) in [6, 6.07) is 21.3. The predicted molar refractivity (Wildman–Crippen MR) is 108 cm³/mol. The number of nitrogens with zero attached hydrogens (tertiary/aromatic N) is 1. The normalized spacial score (nSPS) is 10.7. The molecule has 0 saturated carbocycles. The monoisotopic (exact) mass is 374 g/mol. The van der Waals surface area contributed by atoms with E-state index in [4.69, 9.17) is 4.42 Å². The Labute approximate surface area is 161 Å². The van der Waals surface area contributed by atoms with Crippen molar-refractivity contribution >= 4 is 17.2 Å². The number of nitrogens with one attached hydrogen (secondary N) is 1. The van der Waals surface area contributed by atoms with E-state index in [2.05, 4.69) is 16.4 Å². The lowest BCUT2D eigenvalue weighted by Gasteiger charge is -2.08. The van der Waals surface area contributed by atoms with Crippen molar-refractivity contribution in [3.05, 3.63) is 88.7 Å². The zero-order chi connectivity index (χ0) is 18.5. The highest BCUT2D eigenvalue weighted by Gasteiger charge is 2.16. The summed E-state index contributed by atoms with van der Waals surface area (Å²) in [5, 5.41) is 5.03. The fourth-order valence-electron chi connectivity index (χ4n) is 2.85. The first-order valence-corrected chi connectivity index (χ1v) is 9.60. The summed E-state index contributed by atoms with van der Waals surface area (Å²) in [7, 11) is 0. The van der Waals surface area contributed by atoms with Crippen LogP contribution in [0.2, 0.25) is 0 Å². The van der Waals surface area contributed by atoms with Crippen molar-refractivity contribution < 1.29 is 9.21 Å². The lowest BCUT2D eigenvalue weighted by atomic mass is 10.1. The SMILES string of the molecule is O=C(NCCc1cccs1)c1ccccc1-c1ncc(-c2ccccc2)o1. The Morgan fingerprint density at radius 1 is 1.00 bits per heavy atom. The second-order valence-corrected chi connectivity index (χ2v) is 7.06. The molecule has 1 N–H and O–H groups in total. The van der Waals surface area contributed by atoms with Gasteiger partial charge in [0.2, 0.25) is 5.89 Å². The lowest BCUT2D eigenvalue weighted by Crippen LogP contribution is -2.26. The molecule has 0 unspecified atom stereocenters. The van der Waals surface area contributed by atoms with Gasteiger partial charge < -0.3 is 9.73 Å². The topological polar surface area (TPSA) is 55.1 Å². The van der Waals surface area contributed by atoms with E-state index in [9.17, 15) is 4.79 Å². The number of thiophene rings is 1. The molecule has 134 valence electrons. The Bertz CT molecular complexity index is 1020. The van der Waals surface area contributed by atoms with Crippen molar-refractivity contribution in [1.82, 2.24) is 10.3 Å². The highest BCUT2D eigenvalue weighted by atomic mass is 32.1. The quantitative estimate of drug-likeness (QED) is 0.514. The third-order valence-electron chi connectivity index (χ3n) is 4.20. The van der Waals surface area contributed by atoms with Crippen LogP contribution in [0.5, 0.6) is 0 Å². The molecule has 0 atom stereocenters. The molecule has 0 fully saturated rings. The molecule has 2 aromatic carbocycles. The molecule has 0 bridgehead atoms. The average molecular weight is 374 g/mol. The Morgan fingerprint density at radius 2 is 1.81 bits per heavy atom. The average Bonchev–Trinajstić information content (AvgIpc) is 3.41. The summed E-state index contributed by atoms with van der Waals surface area (Å²) in [6.45, 7) is 0.592. The van der Waals surface area contributed by atoms with Crippen molar-refractivity contribution in [1.29, 1.82) is 0 Å². The molecule has 4 rings (SSSR count). The fourth-order valence-corrected chi connectivity index (χ4v) is 3.56. The number of benzene rings is 2. The Kier molecular flexibility index (Phi) is 5.12. The van der Waals surface area contributed by atoms with Gasteiger partial charge in [-0.1, -0.05) is 48.5 Å². The van der Waals surface area contributed by atoms with Gasteiger partial charge in [-0.15, -0.1) is 11.3 Å². The van der Waals surface area contributed by atoms with Crippen molar-refractivity contribution in [3.8, 4) is 22.8 Å². The van der Waals surface area contributed by atoms with E-state index in [1.165, 1.54) is 4.88 Å². The zero-order valence-electron chi connectivity index (χ0n) is 14.6. The van der Waals surface area contributed by atoms with Crippen LogP contribution in [0.25, 0.3) is 22.8 Å². The molecule has 0 aliphatic heterocycles. The summed E-state index contributed by atoms with van der Waals surface area (Å²) in [4.78, 5) is 18.3. The van der Waals surface area contributed by atoms with E-state index in [-0.39, 0.29) is 5.91 Å². The van der Waals surface area contributed by atoms with Crippen LogP contribution in [-0.4, -0.2) is 17.4 Å². The first-order chi connectivity index (χ1) is 13.3. The van der Waals surface area contributed by atoms with E-state index in [1.54, 1.807) is 23.6 Å². The maximum Gasteiger partial charge on any atom is 0.252 e. The third kappa shape index (κ3) is 3.99. The Balaban J connectivity index is 1.52. The first-order valence-electron chi connectivity index (χ1n) is 8.72. The number of hydrogen-bond donors (Lipinski definition) is 1. The fraction of sp³-hybridized carbons (Fsp3) is 0.0909. The van der Waals surface area contributed by atoms with Gasteiger partial charge in [-0.25, -0.2) is 4.98 Å². The molecule has 4 aromatic rings. The van der Waals surface area contributed by atoms with E-state index in [0.717, 1.165) is 12.0 Å². The molecular formula is C22H18N2O2S. The Morgan fingerprint density at radius 3 is 2.63 bits per heavy atom. The molecule has 0 spiro atoms. The first kappa shape index (κ1) is 17.2.